The van der Waals surface area contributed by atoms with Gasteiger partial charge in [-0.3, -0.25) is 0 Å². The van der Waals surface area contributed by atoms with Crippen LogP contribution in [-0.2, 0) is 0 Å². The highest BCUT2D eigenvalue weighted by Gasteiger charge is 2.65. The van der Waals surface area contributed by atoms with Crippen molar-refractivity contribution in [3.05, 3.63) is 22.8 Å². The minimum atomic E-state index is 0.574. The standard InChI is InChI=1S/C38H68/c1-12-33(28(7)8)16-14-15-29(9)17-19-37(13-2)31(11)38(25-35(38)22-30(10)27(5)6)20-18-36(37)34-23-32(24-34)21-26(3)4/h21,28-29,31-36H,12-20,22-25H2,1-11H3. The van der Waals surface area contributed by atoms with Crippen molar-refractivity contribution in [1.82, 2.24) is 0 Å². The van der Waals surface area contributed by atoms with E-state index in [0.29, 0.717) is 10.8 Å². The quantitative estimate of drug-likeness (QED) is 0.198. The summed E-state index contributed by atoms with van der Waals surface area (Å²) in [4.78, 5) is 0. The van der Waals surface area contributed by atoms with Crippen LogP contribution in [0.25, 0.3) is 0 Å². The highest BCUT2D eigenvalue weighted by atomic mass is 14.7. The molecule has 3 saturated carbocycles. The molecule has 7 atom stereocenters. The summed E-state index contributed by atoms with van der Waals surface area (Å²) in [6.07, 6.45) is 21.5. The molecular weight excluding hydrogens is 456 g/mol. The van der Waals surface area contributed by atoms with E-state index in [1.165, 1.54) is 89.0 Å². The van der Waals surface area contributed by atoms with Crippen molar-refractivity contribution in [2.75, 3.05) is 0 Å². The van der Waals surface area contributed by atoms with Gasteiger partial charge in [-0.05, 0) is 144 Å². The third-order valence-electron chi connectivity index (χ3n) is 12.9. The largest absolute Gasteiger partial charge is 0.0827 e. The first-order valence-corrected chi connectivity index (χ1v) is 17.2. The minimum absolute atomic E-state index is 0.574. The Labute approximate surface area is 240 Å². The zero-order valence-corrected chi connectivity index (χ0v) is 27.9. The summed E-state index contributed by atoms with van der Waals surface area (Å²) in [5, 5.41) is 0. The van der Waals surface area contributed by atoms with Crippen molar-refractivity contribution >= 4 is 0 Å². The molecule has 3 aliphatic rings. The molecule has 3 aliphatic carbocycles. The van der Waals surface area contributed by atoms with Gasteiger partial charge in [-0.15, -0.1) is 0 Å². The van der Waals surface area contributed by atoms with Gasteiger partial charge in [0.1, 0.15) is 0 Å². The molecule has 0 saturated heterocycles. The molecule has 0 heteroatoms. The van der Waals surface area contributed by atoms with Gasteiger partial charge >= 0.3 is 0 Å². The summed E-state index contributed by atoms with van der Waals surface area (Å²) >= 11 is 0. The Kier molecular flexibility index (Phi) is 11.3. The molecule has 3 fully saturated rings. The molecule has 0 heterocycles. The average molecular weight is 525 g/mol. The number of hydrogen-bond acceptors (Lipinski definition) is 0. The maximum Gasteiger partial charge on any atom is -0.0226 e. The van der Waals surface area contributed by atoms with E-state index in [9.17, 15) is 0 Å². The summed E-state index contributed by atoms with van der Waals surface area (Å²) < 4.78 is 0. The molecule has 0 amide bonds. The van der Waals surface area contributed by atoms with Gasteiger partial charge in [-0.1, -0.05) is 96.4 Å². The van der Waals surface area contributed by atoms with Gasteiger partial charge in [0.2, 0.25) is 0 Å². The van der Waals surface area contributed by atoms with E-state index in [2.05, 4.69) is 82.2 Å². The van der Waals surface area contributed by atoms with Gasteiger partial charge in [0.05, 0.1) is 0 Å². The lowest BCUT2D eigenvalue weighted by Gasteiger charge is -2.58. The molecule has 0 nitrogen and oxygen atoms in total. The molecule has 0 N–H and O–H groups in total. The summed E-state index contributed by atoms with van der Waals surface area (Å²) in [5.41, 5.74) is 5.99. The highest BCUT2D eigenvalue weighted by molar-refractivity contribution is 5.19. The smallest absolute Gasteiger partial charge is 0.0226 e. The maximum atomic E-state index is 2.75. The van der Waals surface area contributed by atoms with Crippen LogP contribution in [0, 0.1) is 58.2 Å². The summed E-state index contributed by atoms with van der Waals surface area (Å²) in [5.74, 6) is 7.33. The van der Waals surface area contributed by atoms with E-state index in [1.807, 2.05) is 0 Å². The van der Waals surface area contributed by atoms with Crippen LogP contribution < -0.4 is 0 Å². The van der Waals surface area contributed by atoms with Crippen molar-refractivity contribution in [3.8, 4) is 0 Å². The predicted octanol–water partition coefficient (Wildman–Crippen LogP) is 12.4. The molecule has 0 aromatic heterocycles. The van der Waals surface area contributed by atoms with Gasteiger partial charge in [-0.25, -0.2) is 0 Å². The zero-order chi connectivity index (χ0) is 28.3. The first kappa shape index (κ1) is 32.0. The van der Waals surface area contributed by atoms with E-state index in [1.54, 1.807) is 11.1 Å². The van der Waals surface area contributed by atoms with E-state index in [0.717, 1.165) is 47.3 Å². The summed E-state index contributed by atoms with van der Waals surface area (Å²) in [6.45, 7) is 26.8. The molecule has 1 spiro atoms. The molecule has 0 aromatic carbocycles. The topological polar surface area (TPSA) is 0 Å². The van der Waals surface area contributed by atoms with Crippen LogP contribution in [0.4, 0.5) is 0 Å². The van der Waals surface area contributed by atoms with Crippen molar-refractivity contribution in [3.63, 3.8) is 0 Å². The van der Waals surface area contributed by atoms with Crippen molar-refractivity contribution in [1.29, 1.82) is 0 Å². The van der Waals surface area contributed by atoms with Crippen LogP contribution in [-0.4, -0.2) is 0 Å². The molecule has 0 radical (unpaired) electrons. The molecule has 3 rings (SSSR count). The van der Waals surface area contributed by atoms with E-state index in [4.69, 9.17) is 0 Å². The maximum absolute atomic E-state index is 2.75. The van der Waals surface area contributed by atoms with Crippen LogP contribution in [0.3, 0.4) is 0 Å². The van der Waals surface area contributed by atoms with Gasteiger partial charge < -0.3 is 0 Å². The molecule has 220 valence electrons. The highest BCUT2D eigenvalue weighted by Crippen LogP contribution is 2.74. The normalized spacial score (nSPS) is 36.1. The second kappa shape index (κ2) is 13.4. The van der Waals surface area contributed by atoms with E-state index < -0.39 is 0 Å². The van der Waals surface area contributed by atoms with Crippen molar-refractivity contribution in [2.45, 2.75) is 160 Å². The third-order valence-corrected chi connectivity index (χ3v) is 12.9. The van der Waals surface area contributed by atoms with E-state index >= 15 is 0 Å². The van der Waals surface area contributed by atoms with Gasteiger partial charge in [0.25, 0.3) is 0 Å². The second-order valence-corrected chi connectivity index (χ2v) is 15.8. The Bertz CT molecular complexity index is 798. The Morgan fingerprint density at radius 3 is 2.18 bits per heavy atom. The number of rotatable bonds is 14. The Hall–Kier alpha value is -0.520. The Morgan fingerprint density at radius 2 is 1.63 bits per heavy atom. The first-order valence-electron chi connectivity index (χ1n) is 17.2. The first-order chi connectivity index (χ1) is 17.9. The molecule has 38 heavy (non-hydrogen) atoms. The lowest BCUT2D eigenvalue weighted by atomic mass is 9.46. The average Bonchev–Trinajstić information content (AvgIpc) is 3.52. The third kappa shape index (κ3) is 7.03. The molecule has 0 aromatic rings. The van der Waals surface area contributed by atoms with Crippen LogP contribution >= 0.6 is 0 Å². The molecule has 0 aliphatic heterocycles. The lowest BCUT2D eigenvalue weighted by Crippen LogP contribution is -2.50. The second-order valence-electron chi connectivity index (χ2n) is 15.8. The van der Waals surface area contributed by atoms with Crippen molar-refractivity contribution in [2.24, 2.45) is 58.2 Å². The Morgan fingerprint density at radius 1 is 0.947 bits per heavy atom. The van der Waals surface area contributed by atoms with Crippen LogP contribution in [0.15, 0.2) is 22.8 Å². The predicted molar refractivity (Wildman–Crippen MR) is 170 cm³/mol. The van der Waals surface area contributed by atoms with Crippen LogP contribution in [0.1, 0.15) is 160 Å². The summed E-state index contributed by atoms with van der Waals surface area (Å²) in [7, 11) is 0. The SMILES string of the molecule is CCC(CCCC(C)CCC1(CC)C(C2CC(C=C(C)C)C2)CCC2(CC2CC(C)=C(C)C)C1C)C(C)C. The van der Waals surface area contributed by atoms with Crippen molar-refractivity contribution < 1.29 is 0 Å². The van der Waals surface area contributed by atoms with Gasteiger partial charge in [-0.2, -0.15) is 0 Å². The molecule has 7 unspecified atom stereocenters. The van der Waals surface area contributed by atoms with E-state index in [-0.39, 0.29) is 0 Å². The fourth-order valence-corrected chi connectivity index (χ4v) is 9.80. The van der Waals surface area contributed by atoms with Crippen LogP contribution in [0.2, 0.25) is 0 Å². The lowest BCUT2D eigenvalue weighted by molar-refractivity contribution is -0.0886. The van der Waals surface area contributed by atoms with Crippen LogP contribution in [0.5, 0.6) is 0 Å². The number of allylic oxidation sites excluding steroid dienone is 4. The zero-order valence-electron chi connectivity index (χ0n) is 27.9. The fraction of sp³-hybridized carbons (Fsp3) is 0.895. The Balaban J connectivity index is 1.72. The molecule has 0 bridgehead atoms. The van der Waals surface area contributed by atoms with Gasteiger partial charge in [0.15, 0.2) is 0 Å². The van der Waals surface area contributed by atoms with Gasteiger partial charge in [0, 0.05) is 0 Å². The molecular formula is C38H68. The summed E-state index contributed by atoms with van der Waals surface area (Å²) in [6, 6.07) is 0. The number of hydrogen-bond donors (Lipinski definition) is 0. The minimum Gasteiger partial charge on any atom is -0.0827 e. The fourth-order valence-electron chi connectivity index (χ4n) is 9.80. The monoisotopic (exact) mass is 525 g/mol.